The van der Waals surface area contributed by atoms with Crippen LogP contribution < -0.4 is 10.6 Å². The van der Waals surface area contributed by atoms with E-state index in [1.807, 2.05) is 31.2 Å². The minimum atomic E-state index is -0.549. The van der Waals surface area contributed by atoms with Gasteiger partial charge in [-0.1, -0.05) is 45.0 Å². The van der Waals surface area contributed by atoms with Gasteiger partial charge in [0.05, 0.1) is 0 Å². The molecule has 1 saturated heterocycles. The first-order valence-corrected chi connectivity index (χ1v) is 7.96. The summed E-state index contributed by atoms with van der Waals surface area (Å²) in [6.07, 6.45) is 0.875. The van der Waals surface area contributed by atoms with Crippen molar-refractivity contribution in [1.29, 1.82) is 0 Å². The number of hydrogen-bond donors (Lipinski definition) is 2. The van der Waals surface area contributed by atoms with E-state index in [0.29, 0.717) is 25.6 Å². The second-order valence-electron chi connectivity index (χ2n) is 5.94. The molecule has 5 heteroatoms. The van der Waals surface area contributed by atoms with E-state index in [4.69, 9.17) is 0 Å². The van der Waals surface area contributed by atoms with E-state index in [-0.39, 0.29) is 11.9 Å². The van der Waals surface area contributed by atoms with Gasteiger partial charge in [0.2, 0.25) is 5.91 Å². The van der Waals surface area contributed by atoms with Crippen LogP contribution in [0.15, 0.2) is 24.3 Å². The Kier molecular flexibility index (Phi) is 5.41. The fourth-order valence-electron chi connectivity index (χ4n) is 2.61. The van der Waals surface area contributed by atoms with Crippen LogP contribution >= 0.6 is 0 Å². The number of urea groups is 1. The maximum Gasteiger partial charge on any atom is 0.318 e. The molecule has 2 N–H and O–H groups in total. The lowest BCUT2D eigenvalue weighted by atomic mass is 9.97. The molecular formula is C17H25N3O2. The molecule has 2 rings (SSSR count). The molecule has 1 aromatic rings. The van der Waals surface area contributed by atoms with E-state index in [1.165, 1.54) is 5.56 Å². The van der Waals surface area contributed by atoms with Gasteiger partial charge in [0.25, 0.3) is 0 Å². The van der Waals surface area contributed by atoms with Crippen LogP contribution in [0.5, 0.6) is 0 Å². The van der Waals surface area contributed by atoms with Crippen LogP contribution in [0, 0.1) is 0 Å². The summed E-state index contributed by atoms with van der Waals surface area (Å²) >= 11 is 0. The van der Waals surface area contributed by atoms with Gasteiger partial charge in [0.1, 0.15) is 6.04 Å². The van der Waals surface area contributed by atoms with Gasteiger partial charge in [-0.05, 0) is 23.5 Å². The summed E-state index contributed by atoms with van der Waals surface area (Å²) in [6, 6.07) is 7.24. The molecule has 1 atom stereocenters. The second-order valence-corrected chi connectivity index (χ2v) is 5.94. The highest BCUT2D eigenvalue weighted by molar-refractivity contribution is 5.89. The summed E-state index contributed by atoms with van der Waals surface area (Å²) in [6.45, 7) is 7.91. The van der Waals surface area contributed by atoms with Crippen molar-refractivity contribution >= 4 is 11.9 Å². The largest absolute Gasteiger partial charge is 0.352 e. The predicted molar refractivity (Wildman–Crippen MR) is 86.7 cm³/mol. The molecule has 120 valence electrons. The minimum absolute atomic E-state index is 0.116. The molecule has 1 unspecified atom stereocenters. The number of hydrogen-bond acceptors (Lipinski definition) is 2. The minimum Gasteiger partial charge on any atom is -0.352 e. The Balaban J connectivity index is 2.22. The summed E-state index contributed by atoms with van der Waals surface area (Å²) < 4.78 is 0. The number of benzene rings is 1. The van der Waals surface area contributed by atoms with Crippen molar-refractivity contribution in [1.82, 2.24) is 15.5 Å². The van der Waals surface area contributed by atoms with Gasteiger partial charge in [-0.2, -0.15) is 0 Å². The van der Waals surface area contributed by atoms with Crippen LogP contribution in [-0.2, 0) is 4.79 Å². The quantitative estimate of drug-likeness (QED) is 0.897. The predicted octanol–water partition coefficient (Wildman–Crippen LogP) is 2.40. The van der Waals surface area contributed by atoms with Crippen molar-refractivity contribution in [2.45, 2.75) is 39.2 Å². The smallest absolute Gasteiger partial charge is 0.318 e. The summed E-state index contributed by atoms with van der Waals surface area (Å²) in [5.41, 5.74) is 2.08. The van der Waals surface area contributed by atoms with E-state index in [1.54, 1.807) is 4.90 Å². The van der Waals surface area contributed by atoms with Gasteiger partial charge in [0.15, 0.2) is 0 Å². The SMILES string of the molecule is CCCNC(=O)N1CCNC(=O)C1c1ccc(C(C)C)cc1. The van der Waals surface area contributed by atoms with E-state index in [9.17, 15) is 9.59 Å². The van der Waals surface area contributed by atoms with Crippen molar-refractivity contribution in [3.8, 4) is 0 Å². The Labute approximate surface area is 132 Å². The van der Waals surface area contributed by atoms with Gasteiger partial charge in [-0.3, -0.25) is 4.79 Å². The molecule has 5 nitrogen and oxygen atoms in total. The number of nitrogens with one attached hydrogen (secondary N) is 2. The molecule has 1 fully saturated rings. The zero-order valence-electron chi connectivity index (χ0n) is 13.6. The summed E-state index contributed by atoms with van der Waals surface area (Å²) in [5.74, 6) is 0.327. The first-order chi connectivity index (χ1) is 10.5. The van der Waals surface area contributed by atoms with Gasteiger partial charge < -0.3 is 15.5 Å². The third-order valence-electron chi connectivity index (χ3n) is 3.92. The van der Waals surface area contributed by atoms with E-state index in [2.05, 4.69) is 24.5 Å². The first kappa shape index (κ1) is 16.3. The van der Waals surface area contributed by atoms with E-state index < -0.39 is 6.04 Å². The van der Waals surface area contributed by atoms with Crippen molar-refractivity contribution in [3.05, 3.63) is 35.4 Å². The number of nitrogens with zero attached hydrogens (tertiary/aromatic N) is 1. The molecule has 1 aliphatic rings. The molecule has 0 bridgehead atoms. The molecule has 1 aromatic carbocycles. The Morgan fingerprint density at radius 3 is 2.64 bits per heavy atom. The standard InChI is InChI=1S/C17H25N3O2/c1-4-9-19-17(22)20-11-10-18-16(21)15(20)14-7-5-13(6-8-14)12(2)3/h5-8,12,15H,4,9-11H2,1-3H3,(H,18,21)(H,19,22). The van der Waals surface area contributed by atoms with E-state index >= 15 is 0 Å². The fraction of sp³-hybridized carbons (Fsp3) is 0.529. The zero-order chi connectivity index (χ0) is 16.1. The second kappa shape index (κ2) is 7.29. The number of amides is 3. The Bertz CT molecular complexity index is 525. The lowest BCUT2D eigenvalue weighted by molar-refractivity contribution is -0.127. The van der Waals surface area contributed by atoms with E-state index in [0.717, 1.165) is 12.0 Å². The number of rotatable bonds is 4. The summed E-state index contributed by atoms with van der Waals surface area (Å²) in [7, 11) is 0. The molecule has 0 saturated carbocycles. The van der Waals surface area contributed by atoms with Crippen molar-refractivity contribution in [2.75, 3.05) is 19.6 Å². The summed E-state index contributed by atoms with van der Waals surface area (Å²) in [4.78, 5) is 26.2. The summed E-state index contributed by atoms with van der Waals surface area (Å²) in [5, 5.41) is 5.71. The van der Waals surface area contributed by atoms with Gasteiger partial charge in [-0.15, -0.1) is 0 Å². The average Bonchev–Trinajstić information content (AvgIpc) is 2.52. The molecular weight excluding hydrogens is 278 g/mol. The van der Waals surface area contributed by atoms with Crippen LogP contribution in [0.3, 0.4) is 0 Å². The van der Waals surface area contributed by atoms with Crippen LogP contribution in [0.25, 0.3) is 0 Å². The van der Waals surface area contributed by atoms with Crippen LogP contribution in [0.1, 0.15) is 50.3 Å². The molecule has 22 heavy (non-hydrogen) atoms. The highest BCUT2D eigenvalue weighted by Crippen LogP contribution is 2.25. The maximum atomic E-state index is 12.3. The number of carbonyl (C=O) groups is 2. The third kappa shape index (κ3) is 3.59. The molecule has 0 aromatic heterocycles. The molecule has 0 aliphatic carbocycles. The highest BCUT2D eigenvalue weighted by Gasteiger charge is 2.34. The fourth-order valence-corrected chi connectivity index (χ4v) is 2.61. The first-order valence-electron chi connectivity index (χ1n) is 7.96. The number of piperazine rings is 1. The van der Waals surface area contributed by atoms with Gasteiger partial charge in [0, 0.05) is 19.6 Å². The highest BCUT2D eigenvalue weighted by atomic mass is 16.2. The van der Waals surface area contributed by atoms with Gasteiger partial charge >= 0.3 is 6.03 Å². The monoisotopic (exact) mass is 303 g/mol. The molecule has 0 radical (unpaired) electrons. The Hall–Kier alpha value is -2.04. The van der Waals surface area contributed by atoms with Crippen LogP contribution in [-0.4, -0.2) is 36.5 Å². The van der Waals surface area contributed by atoms with Crippen LogP contribution in [0.4, 0.5) is 4.79 Å². The molecule has 1 heterocycles. The Morgan fingerprint density at radius 1 is 1.36 bits per heavy atom. The lowest BCUT2D eigenvalue weighted by Gasteiger charge is -2.35. The molecule has 0 spiro atoms. The zero-order valence-corrected chi connectivity index (χ0v) is 13.6. The van der Waals surface area contributed by atoms with Crippen molar-refractivity contribution < 1.29 is 9.59 Å². The normalized spacial score (nSPS) is 18.3. The Morgan fingerprint density at radius 2 is 2.05 bits per heavy atom. The average molecular weight is 303 g/mol. The van der Waals surface area contributed by atoms with Crippen molar-refractivity contribution in [2.24, 2.45) is 0 Å². The van der Waals surface area contributed by atoms with Crippen molar-refractivity contribution in [3.63, 3.8) is 0 Å². The topological polar surface area (TPSA) is 61.4 Å². The maximum absolute atomic E-state index is 12.3. The lowest BCUT2D eigenvalue weighted by Crippen LogP contribution is -2.54. The third-order valence-corrected chi connectivity index (χ3v) is 3.92. The molecule has 1 aliphatic heterocycles. The van der Waals surface area contributed by atoms with Gasteiger partial charge in [-0.25, -0.2) is 4.79 Å². The molecule has 3 amide bonds. The van der Waals surface area contributed by atoms with Crippen LogP contribution in [0.2, 0.25) is 0 Å². The number of carbonyl (C=O) groups excluding carboxylic acids is 2.